The highest BCUT2D eigenvalue weighted by atomic mass is 16.5. The molecule has 2 aromatic rings. The number of hydrogen-bond acceptors (Lipinski definition) is 3. The molecule has 0 unspecified atom stereocenters. The molecular formula is C17H21NO3. The third-order valence-electron chi connectivity index (χ3n) is 2.35. The van der Waals surface area contributed by atoms with Crippen LogP contribution in [-0.2, 0) is 9.59 Å². The predicted octanol–water partition coefficient (Wildman–Crippen LogP) is 3.46. The molecule has 0 bridgehead atoms. The van der Waals surface area contributed by atoms with Crippen molar-refractivity contribution in [3.63, 3.8) is 0 Å². The summed E-state index contributed by atoms with van der Waals surface area (Å²) in [5.41, 5.74) is 2.10. The van der Waals surface area contributed by atoms with Crippen LogP contribution in [0.2, 0.25) is 0 Å². The Labute approximate surface area is 125 Å². The van der Waals surface area contributed by atoms with Gasteiger partial charge in [0, 0.05) is 12.6 Å². The Hall–Kier alpha value is -2.62. The Morgan fingerprint density at radius 2 is 1.52 bits per heavy atom. The smallest absolute Gasteiger partial charge is 0.221 e. The highest BCUT2D eigenvalue weighted by Gasteiger charge is 1.90. The number of nitrogens with one attached hydrogen (secondary N) is 1. The van der Waals surface area contributed by atoms with Gasteiger partial charge < -0.3 is 14.8 Å². The number of carbonyl (C=O) groups excluding carboxylic acids is 2. The van der Waals surface area contributed by atoms with E-state index in [2.05, 4.69) is 12.2 Å². The molecule has 0 atom stereocenters. The third-order valence-corrected chi connectivity index (χ3v) is 2.35. The van der Waals surface area contributed by atoms with Crippen LogP contribution < -0.4 is 10.1 Å². The van der Waals surface area contributed by atoms with Gasteiger partial charge in [0.05, 0.1) is 7.11 Å². The van der Waals surface area contributed by atoms with E-state index in [1.54, 1.807) is 7.11 Å². The normalized spacial score (nSPS) is 8.33. The van der Waals surface area contributed by atoms with Crippen LogP contribution in [-0.4, -0.2) is 19.8 Å². The fraction of sp³-hybridized carbons (Fsp3) is 0.176. The number of anilines is 1. The van der Waals surface area contributed by atoms with Crippen LogP contribution in [0.3, 0.4) is 0 Å². The standard InChI is InChI=1S/C8H9NO.C8H10O.CH2O/c1-7(10)9-8-5-3-2-4-6-8;1-7-3-5-8(9-2)6-4-7;1-2/h2-6H,1H3,(H,9,10);3-6H,1-2H3;1H2. The van der Waals surface area contributed by atoms with E-state index in [1.165, 1.54) is 12.5 Å². The van der Waals surface area contributed by atoms with Gasteiger partial charge in [-0.15, -0.1) is 0 Å². The zero-order valence-corrected chi connectivity index (χ0v) is 12.6. The van der Waals surface area contributed by atoms with Crippen LogP contribution in [0, 0.1) is 6.92 Å². The summed E-state index contributed by atoms with van der Waals surface area (Å²) in [5, 5.41) is 2.67. The van der Waals surface area contributed by atoms with Crippen LogP contribution >= 0.6 is 0 Å². The second-order valence-electron chi connectivity index (χ2n) is 4.06. The van der Waals surface area contributed by atoms with Gasteiger partial charge in [0.1, 0.15) is 12.5 Å². The van der Waals surface area contributed by atoms with Crippen LogP contribution in [0.5, 0.6) is 5.75 Å². The predicted molar refractivity (Wildman–Crippen MR) is 85.6 cm³/mol. The molecule has 2 aromatic carbocycles. The molecule has 2 rings (SSSR count). The summed E-state index contributed by atoms with van der Waals surface area (Å²) in [7, 11) is 1.67. The van der Waals surface area contributed by atoms with Gasteiger partial charge >= 0.3 is 0 Å². The topological polar surface area (TPSA) is 55.4 Å². The number of ether oxygens (including phenoxy) is 1. The minimum Gasteiger partial charge on any atom is -0.497 e. The first-order chi connectivity index (χ1) is 10.1. The Kier molecular flexibility index (Phi) is 9.83. The molecule has 1 amide bonds. The molecule has 1 N–H and O–H groups in total. The van der Waals surface area contributed by atoms with Crippen molar-refractivity contribution >= 4 is 18.4 Å². The molecule has 0 aliphatic heterocycles. The number of benzene rings is 2. The van der Waals surface area contributed by atoms with Crippen molar-refractivity contribution in [1.29, 1.82) is 0 Å². The number of hydrogen-bond donors (Lipinski definition) is 1. The molecule has 112 valence electrons. The maximum atomic E-state index is 10.5. The van der Waals surface area contributed by atoms with Gasteiger partial charge in [-0.25, -0.2) is 0 Å². The van der Waals surface area contributed by atoms with Gasteiger partial charge in [-0.05, 0) is 31.2 Å². The van der Waals surface area contributed by atoms with E-state index < -0.39 is 0 Å². The van der Waals surface area contributed by atoms with Gasteiger partial charge in [0.15, 0.2) is 0 Å². The lowest BCUT2D eigenvalue weighted by molar-refractivity contribution is -0.114. The molecule has 0 aliphatic carbocycles. The third kappa shape index (κ3) is 8.99. The molecule has 4 heteroatoms. The number of amides is 1. The molecule has 0 heterocycles. The monoisotopic (exact) mass is 287 g/mol. The van der Waals surface area contributed by atoms with E-state index in [0.29, 0.717) is 0 Å². The first kappa shape index (κ1) is 18.4. The average molecular weight is 287 g/mol. The van der Waals surface area contributed by atoms with E-state index in [9.17, 15) is 4.79 Å². The highest BCUT2D eigenvalue weighted by Crippen LogP contribution is 2.09. The quantitative estimate of drug-likeness (QED) is 0.920. The molecule has 21 heavy (non-hydrogen) atoms. The van der Waals surface area contributed by atoms with E-state index in [-0.39, 0.29) is 5.91 Å². The zero-order valence-electron chi connectivity index (χ0n) is 12.6. The van der Waals surface area contributed by atoms with Crippen molar-refractivity contribution in [2.24, 2.45) is 0 Å². The lowest BCUT2D eigenvalue weighted by Gasteiger charge is -1.98. The molecule has 0 saturated carbocycles. The SMILES string of the molecule is C=O.CC(=O)Nc1ccccc1.COc1ccc(C)cc1. The molecule has 0 aromatic heterocycles. The molecule has 4 nitrogen and oxygen atoms in total. The lowest BCUT2D eigenvalue weighted by atomic mass is 10.2. The fourth-order valence-corrected chi connectivity index (χ4v) is 1.40. The van der Waals surface area contributed by atoms with E-state index >= 15 is 0 Å². The Bertz CT molecular complexity index is 509. The summed E-state index contributed by atoms with van der Waals surface area (Å²) in [6, 6.07) is 17.3. The van der Waals surface area contributed by atoms with Crippen LogP contribution in [0.1, 0.15) is 12.5 Å². The van der Waals surface area contributed by atoms with Gasteiger partial charge in [-0.3, -0.25) is 4.79 Å². The number of rotatable bonds is 2. The van der Waals surface area contributed by atoms with Crippen molar-refractivity contribution in [3.8, 4) is 5.75 Å². The first-order valence-corrected chi connectivity index (χ1v) is 6.34. The summed E-state index contributed by atoms with van der Waals surface area (Å²) in [4.78, 5) is 18.5. The summed E-state index contributed by atoms with van der Waals surface area (Å²) < 4.78 is 4.97. The summed E-state index contributed by atoms with van der Waals surface area (Å²) in [6.45, 7) is 5.55. The second-order valence-corrected chi connectivity index (χ2v) is 4.06. The van der Waals surface area contributed by atoms with Gasteiger partial charge in [-0.1, -0.05) is 35.9 Å². The van der Waals surface area contributed by atoms with E-state index in [4.69, 9.17) is 9.53 Å². The number of carbonyl (C=O) groups is 2. The molecular weight excluding hydrogens is 266 g/mol. The molecule has 0 saturated heterocycles. The summed E-state index contributed by atoms with van der Waals surface area (Å²) in [6.07, 6.45) is 0. The van der Waals surface area contributed by atoms with Gasteiger partial charge in [-0.2, -0.15) is 0 Å². The molecule has 0 radical (unpaired) electrons. The second kappa shape index (κ2) is 11.2. The van der Waals surface area contributed by atoms with Crippen molar-refractivity contribution in [1.82, 2.24) is 0 Å². The van der Waals surface area contributed by atoms with Crippen molar-refractivity contribution < 1.29 is 14.3 Å². The Balaban J connectivity index is 0.000000342. The van der Waals surface area contributed by atoms with E-state index in [0.717, 1.165) is 11.4 Å². The van der Waals surface area contributed by atoms with Crippen molar-refractivity contribution in [2.45, 2.75) is 13.8 Å². The van der Waals surface area contributed by atoms with Crippen molar-refractivity contribution in [2.75, 3.05) is 12.4 Å². The minimum atomic E-state index is -0.0359. The maximum Gasteiger partial charge on any atom is 0.221 e. The number of para-hydroxylation sites is 1. The van der Waals surface area contributed by atoms with Crippen LogP contribution in [0.4, 0.5) is 5.69 Å². The number of methoxy groups -OCH3 is 1. The average Bonchev–Trinajstić information content (AvgIpc) is 2.51. The lowest BCUT2D eigenvalue weighted by Crippen LogP contribution is -2.04. The largest absolute Gasteiger partial charge is 0.497 e. The van der Waals surface area contributed by atoms with Gasteiger partial charge in [0.25, 0.3) is 0 Å². The van der Waals surface area contributed by atoms with Gasteiger partial charge in [0.2, 0.25) is 5.91 Å². The van der Waals surface area contributed by atoms with E-state index in [1.807, 2.05) is 61.4 Å². The summed E-state index contributed by atoms with van der Waals surface area (Å²) >= 11 is 0. The maximum absolute atomic E-state index is 10.5. The minimum absolute atomic E-state index is 0.0359. The van der Waals surface area contributed by atoms with Crippen molar-refractivity contribution in [3.05, 3.63) is 60.2 Å². The zero-order chi connectivity index (χ0) is 16.1. The molecule has 0 fully saturated rings. The molecule has 0 spiro atoms. The number of aryl methyl sites for hydroxylation is 1. The molecule has 0 aliphatic rings. The first-order valence-electron chi connectivity index (χ1n) is 6.34. The fourth-order valence-electron chi connectivity index (χ4n) is 1.40. The Morgan fingerprint density at radius 1 is 1.00 bits per heavy atom. The highest BCUT2D eigenvalue weighted by molar-refractivity contribution is 5.88. The Morgan fingerprint density at radius 3 is 1.95 bits per heavy atom. The van der Waals surface area contributed by atoms with Crippen LogP contribution in [0.15, 0.2) is 54.6 Å². The summed E-state index contributed by atoms with van der Waals surface area (Å²) in [5.74, 6) is 0.881. The van der Waals surface area contributed by atoms with Crippen LogP contribution in [0.25, 0.3) is 0 Å².